The number of ether oxygens (including phenoxy) is 2. The largest absolute Gasteiger partial charge is 0.497 e. The Balaban J connectivity index is 1.58. The van der Waals surface area contributed by atoms with Crippen LogP contribution in [-0.2, 0) is 16.1 Å². The highest BCUT2D eigenvalue weighted by atomic mass is 16.5. The van der Waals surface area contributed by atoms with Gasteiger partial charge in [-0.05, 0) is 30.2 Å². The van der Waals surface area contributed by atoms with Gasteiger partial charge in [-0.15, -0.1) is 0 Å². The topological polar surface area (TPSA) is 79.0 Å². The minimum Gasteiger partial charge on any atom is -0.497 e. The number of hydrogen-bond donors (Lipinski definition) is 2. The molecule has 8 heteroatoms. The quantitative estimate of drug-likeness (QED) is 0.505. The molecule has 0 bridgehead atoms. The van der Waals surface area contributed by atoms with Crippen LogP contribution in [-0.4, -0.2) is 63.3 Å². The second-order valence-electron chi connectivity index (χ2n) is 8.72. The number of nitrogens with zero attached hydrogens (tertiary/aromatic N) is 3. The lowest BCUT2D eigenvalue weighted by Crippen LogP contribution is -2.46. The van der Waals surface area contributed by atoms with Crippen molar-refractivity contribution in [1.29, 1.82) is 0 Å². The first kappa shape index (κ1) is 23.9. The highest BCUT2D eigenvalue weighted by molar-refractivity contribution is 5.85. The van der Waals surface area contributed by atoms with Crippen molar-refractivity contribution in [3.63, 3.8) is 0 Å². The lowest BCUT2D eigenvalue weighted by molar-refractivity contribution is -0.134. The first-order chi connectivity index (χ1) is 16.5. The number of amides is 1. The van der Waals surface area contributed by atoms with Crippen LogP contribution in [0.15, 0.2) is 54.6 Å². The van der Waals surface area contributed by atoms with Crippen LogP contribution in [0, 0.1) is 0 Å². The van der Waals surface area contributed by atoms with E-state index in [0.717, 1.165) is 33.6 Å². The number of methoxy groups -OCH3 is 2. The van der Waals surface area contributed by atoms with Gasteiger partial charge in [0.05, 0.1) is 19.2 Å². The summed E-state index contributed by atoms with van der Waals surface area (Å²) >= 11 is 0. The molecule has 1 fully saturated rings. The Bertz CT molecular complexity index is 1120. The average molecular weight is 464 g/mol. The van der Waals surface area contributed by atoms with Gasteiger partial charge < -0.3 is 19.3 Å². The van der Waals surface area contributed by atoms with Gasteiger partial charge in [-0.1, -0.05) is 30.3 Å². The molecule has 1 amide bonds. The van der Waals surface area contributed by atoms with Gasteiger partial charge >= 0.3 is 0 Å². The van der Waals surface area contributed by atoms with Crippen LogP contribution >= 0.6 is 0 Å². The number of anilines is 1. The number of nitrogens with one attached hydrogen (secondary N) is 2. The van der Waals surface area contributed by atoms with Gasteiger partial charge in [0.15, 0.2) is 0 Å². The molecule has 180 valence electrons. The van der Waals surface area contributed by atoms with E-state index in [9.17, 15) is 4.79 Å². The Kier molecular flexibility index (Phi) is 7.62. The molecule has 0 aliphatic carbocycles. The zero-order valence-corrected chi connectivity index (χ0v) is 20.2. The fourth-order valence-corrected chi connectivity index (χ4v) is 4.33. The second-order valence-corrected chi connectivity index (χ2v) is 8.72. The van der Waals surface area contributed by atoms with Crippen molar-refractivity contribution in [2.45, 2.75) is 25.0 Å². The molecule has 2 heterocycles. The lowest BCUT2D eigenvalue weighted by Gasteiger charge is -2.27. The van der Waals surface area contributed by atoms with Crippen LogP contribution < -0.4 is 20.5 Å². The number of hydrogen-bond acceptors (Lipinski definition) is 7. The van der Waals surface area contributed by atoms with Gasteiger partial charge in [0.2, 0.25) is 5.91 Å². The molecule has 1 aromatic heterocycles. The normalized spacial score (nSPS) is 17.6. The average Bonchev–Trinajstić information content (AvgIpc) is 3.36. The summed E-state index contributed by atoms with van der Waals surface area (Å²) in [5.41, 5.74) is 9.49. The van der Waals surface area contributed by atoms with E-state index in [1.807, 2.05) is 60.3 Å². The summed E-state index contributed by atoms with van der Waals surface area (Å²) in [5, 5.41) is 1.00. The van der Waals surface area contributed by atoms with Gasteiger partial charge in [-0.25, -0.2) is 15.8 Å². The van der Waals surface area contributed by atoms with Crippen LogP contribution in [0.5, 0.6) is 5.75 Å². The highest BCUT2D eigenvalue weighted by Gasteiger charge is 2.33. The predicted octanol–water partition coefficient (Wildman–Crippen LogP) is 2.89. The van der Waals surface area contributed by atoms with Crippen LogP contribution in [0.4, 0.5) is 5.82 Å². The molecule has 2 N–H and O–H groups in total. The molecular weight excluding hydrogens is 430 g/mol. The molecule has 8 nitrogen and oxygen atoms in total. The van der Waals surface area contributed by atoms with E-state index < -0.39 is 0 Å². The van der Waals surface area contributed by atoms with Crippen LogP contribution in [0.2, 0.25) is 0 Å². The number of aromatic nitrogens is 1. The number of carbonyl (C=O) groups is 1. The highest BCUT2D eigenvalue weighted by Crippen LogP contribution is 2.28. The van der Waals surface area contributed by atoms with Gasteiger partial charge in [0.1, 0.15) is 17.6 Å². The first-order valence-corrected chi connectivity index (χ1v) is 11.5. The van der Waals surface area contributed by atoms with Crippen molar-refractivity contribution in [3.05, 3.63) is 65.7 Å². The zero-order valence-electron chi connectivity index (χ0n) is 20.2. The van der Waals surface area contributed by atoms with Crippen LogP contribution in [0.1, 0.15) is 23.6 Å². The Morgan fingerprint density at radius 1 is 1.09 bits per heavy atom. The third kappa shape index (κ3) is 5.30. The van der Waals surface area contributed by atoms with Crippen molar-refractivity contribution in [2.75, 3.05) is 46.4 Å². The van der Waals surface area contributed by atoms with E-state index in [2.05, 4.69) is 29.1 Å². The van der Waals surface area contributed by atoms with Crippen LogP contribution in [0.25, 0.3) is 10.9 Å². The SMILES string of the molecule is COCCN(Cc1cc2ccc(OC)cc2nc1N(C)C)C(=O)C1CC(c2ccccc2)NN1. The fourth-order valence-electron chi connectivity index (χ4n) is 4.33. The fraction of sp³-hybridized carbons (Fsp3) is 0.385. The Hall–Kier alpha value is -3.20. The molecule has 3 aromatic rings. The Morgan fingerprint density at radius 3 is 2.59 bits per heavy atom. The molecule has 0 spiro atoms. The molecule has 2 aromatic carbocycles. The third-order valence-corrected chi connectivity index (χ3v) is 6.15. The summed E-state index contributed by atoms with van der Waals surface area (Å²) in [7, 11) is 7.23. The molecular formula is C26H33N5O3. The van der Waals surface area contributed by atoms with E-state index in [0.29, 0.717) is 26.1 Å². The summed E-state index contributed by atoms with van der Waals surface area (Å²) in [5.74, 6) is 1.64. The van der Waals surface area contributed by atoms with Gasteiger partial charge in [-0.3, -0.25) is 4.79 Å². The number of benzene rings is 2. The first-order valence-electron chi connectivity index (χ1n) is 11.5. The van der Waals surface area contributed by atoms with E-state index in [1.54, 1.807) is 14.2 Å². The molecule has 2 atom stereocenters. The van der Waals surface area contributed by atoms with Gasteiger partial charge in [0, 0.05) is 57.4 Å². The lowest BCUT2D eigenvalue weighted by atomic mass is 10.0. The molecule has 1 aliphatic rings. The molecule has 2 unspecified atom stereocenters. The van der Waals surface area contributed by atoms with Gasteiger partial charge in [-0.2, -0.15) is 0 Å². The summed E-state index contributed by atoms with van der Waals surface area (Å²) in [6, 6.07) is 17.9. The predicted molar refractivity (Wildman–Crippen MR) is 134 cm³/mol. The minimum absolute atomic E-state index is 0.0440. The maximum absolute atomic E-state index is 13.6. The zero-order chi connectivity index (χ0) is 24.1. The van der Waals surface area contributed by atoms with E-state index >= 15 is 0 Å². The molecule has 0 saturated carbocycles. The summed E-state index contributed by atoms with van der Waals surface area (Å²) in [6.45, 7) is 1.40. The molecule has 1 saturated heterocycles. The maximum Gasteiger partial charge on any atom is 0.241 e. The Labute approximate surface area is 200 Å². The summed E-state index contributed by atoms with van der Waals surface area (Å²) < 4.78 is 10.7. The maximum atomic E-state index is 13.6. The molecule has 34 heavy (non-hydrogen) atoms. The van der Waals surface area contributed by atoms with E-state index in [1.165, 1.54) is 0 Å². The number of pyridine rings is 1. The van der Waals surface area contributed by atoms with Crippen molar-refractivity contribution in [3.8, 4) is 5.75 Å². The standard InChI is InChI=1S/C26H33N5O3/c1-30(2)25-20(14-19-10-11-21(34-4)15-22(19)27-25)17-31(12-13-33-3)26(32)24-16-23(28-29-24)18-8-6-5-7-9-18/h5-11,14-15,23-24,28-29H,12-13,16-17H2,1-4H3. The number of hydrazine groups is 1. The molecule has 0 radical (unpaired) electrons. The number of rotatable bonds is 9. The minimum atomic E-state index is -0.317. The van der Waals surface area contributed by atoms with Crippen molar-refractivity contribution < 1.29 is 14.3 Å². The van der Waals surface area contributed by atoms with Gasteiger partial charge in [0.25, 0.3) is 0 Å². The summed E-state index contributed by atoms with van der Waals surface area (Å²) in [4.78, 5) is 22.3. The van der Waals surface area contributed by atoms with Crippen molar-refractivity contribution in [2.24, 2.45) is 0 Å². The third-order valence-electron chi connectivity index (χ3n) is 6.15. The van der Waals surface area contributed by atoms with E-state index in [-0.39, 0.29) is 18.0 Å². The van der Waals surface area contributed by atoms with Crippen molar-refractivity contribution in [1.82, 2.24) is 20.7 Å². The van der Waals surface area contributed by atoms with Crippen LogP contribution in [0.3, 0.4) is 0 Å². The Morgan fingerprint density at radius 2 is 1.88 bits per heavy atom. The molecule has 4 rings (SSSR count). The molecule has 1 aliphatic heterocycles. The number of carbonyl (C=O) groups excluding carboxylic acids is 1. The van der Waals surface area contributed by atoms with E-state index in [4.69, 9.17) is 14.5 Å². The monoisotopic (exact) mass is 463 g/mol. The number of fused-ring (bicyclic) bond motifs is 1. The second kappa shape index (κ2) is 10.8. The summed E-state index contributed by atoms with van der Waals surface area (Å²) in [6.07, 6.45) is 0.683. The van der Waals surface area contributed by atoms with Crippen molar-refractivity contribution >= 4 is 22.6 Å². The smallest absolute Gasteiger partial charge is 0.241 e.